The number of nitrogens with zero attached hydrogens (tertiary/aromatic N) is 5. The van der Waals surface area contributed by atoms with Crippen LogP contribution in [0, 0.1) is 0 Å². The second kappa shape index (κ2) is 11.0. The molecule has 38 heavy (non-hydrogen) atoms. The maximum absolute atomic E-state index is 12.6. The number of alkyl halides is 3. The van der Waals surface area contributed by atoms with Crippen LogP contribution in [0.3, 0.4) is 0 Å². The smallest absolute Gasteiger partial charge is 0.475 e. The Kier molecular flexibility index (Phi) is 7.79. The summed E-state index contributed by atoms with van der Waals surface area (Å²) in [6.07, 6.45) is 0.0544. The molecule has 0 atom stereocenters. The van der Waals surface area contributed by atoms with Crippen molar-refractivity contribution in [1.29, 1.82) is 0 Å². The highest BCUT2D eigenvalue weighted by Gasteiger charge is 2.38. The van der Waals surface area contributed by atoms with Gasteiger partial charge >= 0.3 is 12.1 Å². The van der Waals surface area contributed by atoms with Crippen molar-refractivity contribution < 1.29 is 32.4 Å². The number of pyridine rings is 1. The first kappa shape index (κ1) is 26.8. The minimum absolute atomic E-state index is 0.0952. The molecule has 0 spiro atoms. The Morgan fingerprint density at radius 1 is 1.11 bits per heavy atom. The molecule has 1 aliphatic heterocycles. The van der Waals surface area contributed by atoms with Gasteiger partial charge in [0.1, 0.15) is 5.52 Å². The van der Waals surface area contributed by atoms with E-state index in [-0.39, 0.29) is 5.91 Å². The third-order valence-electron chi connectivity index (χ3n) is 6.28. The van der Waals surface area contributed by atoms with E-state index in [0.29, 0.717) is 30.8 Å². The van der Waals surface area contributed by atoms with Crippen molar-refractivity contribution in [3.05, 3.63) is 66.4 Å². The zero-order valence-corrected chi connectivity index (χ0v) is 20.7. The fraction of sp³-hybridized carbons (Fsp3) is 0.346. The highest BCUT2D eigenvalue weighted by molar-refractivity contribution is 5.91. The maximum atomic E-state index is 12.6. The molecular formula is C26H26F3N5O4. The van der Waals surface area contributed by atoms with Crippen molar-refractivity contribution >= 4 is 22.9 Å². The monoisotopic (exact) mass is 529 g/mol. The second-order valence-corrected chi connectivity index (χ2v) is 9.12. The number of rotatable bonds is 4. The standard InChI is InChI=1S/C24H25N5O2.C2HF3O2/c1-16(2)29-15-25-23-20(29)14-19(27-22(23)18-6-4-3-5-7-18)17-9-12-28(13-10-17)24(30)21-8-11-26-31-21;3-2(4,5)1(6)7/h3-8,11,14-17H,9-10,12-13H2,1-2H3;(H,6,7). The average molecular weight is 530 g/mol. The van der Waals surface area contributed by atoms with Gasteiger partial charge in [0.05, 0.1) is 23.7 Å². The minimum atomic E-state index is -5.08. The van der Waals surface area contributed by atoms with E-state index in [1.165, 1.54) is 6.20 Å². The first-order valence-electron chi connectivity index (χ1n) is 12.0. The number of likely N-dealkylation sites (tertiary alicyclic amines) is 1. The largest absolute Gasteiger partial charge is 0.490 e. The number of benzene rings is 1. The highest BCUT2D eigenvalue weighted by atomic mass is 19.4. The van der Waals surface area contributed by atoms with E-state index >= 15 is 0 Å². The summed E-state index contributed by atoms with van der Waals surface area (Å²) in [6, 6.07) is 14.3. The van der Waals surface area contributed by atoms with Gasteiger partial charge in [0, 0.05) is 42.4 Å². The van der Waals surface area contributed by atoms with Crippen LogP contribution in [0.25, 0.3) is 22.3 Å². The highest BCUT2D eigenvalue weighted by Crippen LogP contribution is 2.34. The Hall–Kier alpha value is -4.22. The molecule has 1 fully saturated rings. The van der Waals surface area contributed by atoms with Crippen LogP contribution in [0.1, 0.15) is 54.9 Å². The van der Waals surface area contributed by atoms with Crippen LogP contribution >= 0.6 is 0 Å². The number of aliphatic carboxylic acids is 1. The van der Waals surface area contributed by atoms with Crippen LogP contribution in [-0.4, -0.2) is 60.8 Å². The van der Waals surface area contributed by atoms with Gasteiger partial charge in [0.2, 0.25) is 5.76 Å². The number of carbonyl (C=O) groups excluding carboxylic acids is 1. The molecule has 9 nitrogen and oxygen atoms in total. The summed E-state index contributed by atoms with van der Waals surface area (Å²) < 4.78 is 39.0. The molecule has 4 aromatic rings. The average Bonchev–Trinajstić information content (AvgIpc) is 3.59. The quantitative estimate of drug-likeness (QED) is 0.381. The SMILES string of the molecule is CC(C)n1cnc2c(-c3ccccc3)nc(C3CCN(C(=O)c4ccno4)CC3)cc21.O=C(O)C(F)(F)F. The van der Waals surface area contributed by atoms with Crippen LogP contribution in [0.4, 0.5) is 13.2 Å². The predicted molar refractivity (Wildman–Crippen MR) is 131 cm³/mol. The van der Waals surface area contributed by atoms with Crippen molar-refractivity contribution in [2.45, 2.75) is 44.8 Å². The summed E-state index contributed by atoms with van der Waals surface area (Å²) >= 11 is 0. The third kappa shape index (κ3) is 5.84. The Morgan fingerprint density at radius 3 is 2.32 bits per heavy atom. The Morgan fingerprint density at radius 2 is 1.76 bits per heavy atom. The number of fused-ring (bicyclic) bond motifs is 1. The fourth-order valence-electron chi connectivity index (χ4n) is 4.33. The summed E-state index contributed by atoms with van der Waals surface area (Å²) in [5.74, 6) is -2.26. The molecular weight excluding hydrogens is 503 g/mol. The topological polar surface area (TPSA) is 114 Å². The van der Waals surface area contributed by atoms with Gasteiger partial charge in [-0.25, -0.2) is 9.78 Å². The van der Waals surface area contributed by atoms with E-state index in [1.807, 2.05) is 29.4 Å². The van der Waals surface area contributed by atoms with Crippen LogP contribution < -0.4 is 0 Å². The maximum Gasteiger partial charge on any atom is 0.490 e. The van der Waals surface area contributed by atoms with E-state index in [2.05, 4.69) is 41.8 Å². The lowest BCUT2D eigenvalue weighted by molar-refractivity contribution is -0.192. The van der Waals surface area contributed by atoms with Crippen LogP contribution in [0.5, 0.6) is 0 Å². The van der Waals surface area contributed by atoms with Gasteiger partial charge in [-0.3, -0.25) is 9.78 Å². The summed E-state index contributed by atoms with van der Waals surface area (Å²) in [6.45, 7) is 5.68. The van der Waals surface area contributed by atoms with Crippen molar-refractivity contribution in [1.82, 2.24) is 24.6 Å². The summed E-state index contributed by atoms with van der Waals surface area (Å²) in [7, 11) is 0. The van der Waals surface area contributed by atoms with E-state index in [0.717, 1.165) is 40.8 Å². The van der Waals surface area contributed by atoms with E-state index < -0.39 is 12.1 Å². The molecule has 0 radical (unpaired) electrons. The van der Waals surface area contributed by atoms with Crippen molar-refractivity contribution in [3.63, 3.8) is 0 Å². The van der Waals surface area contributed by atoms with Gasteiger partial charge < -0.3 is 19.1 Å². The number of aromatic nitrogens is 4. The normalized spacial score (nSPS) is 14.4. The van der Waals surface area contributed by atoms with Crippen molar-refractivity contribution in [2.24, 2.45) is 0 Å². The first-order valence-corrected chi connectivity index (χ1v) is 12.0. The molecule has 1 N–H and O–H groups in total. The number of carboxylic acid groups (broad SMARTS) is 1. The number of carboxylic acids is 1. The van der Waals surface area contributed by atoms with Gasteiger partial charge in [-0.1, -0.05) is 35.5 Å². The van der Waals surface area contributed by atoms with Crippen LogP contribution in [-0.2, 0) is 4.79 Å². The summed E-state index contributed by atoms with van der Waals surface area (Å²) in [4.78, 5) is 33.1. The number of imidazole rings is 1. The number of halogens is 3. The lowest BCUT2D eigenvalue weighted by Crippen LogP contribution is -2.37. The fourth-order valence-corrected chi connectivity index (χ4v) is 4.33. The van der Waals surface area contributed by atoms with Gasteiger partial charge in [-0.05, 0) is 32.8 Å². The molecule has 1 amide bonds. The van der Waals surface area contributed by atoms with Crippen molar-refractivity contribution in [3.8, 4) is 11.3 Å². The number of piperidine rings is 1. The molecule has 0 saturated carbocycles. The Labute approximate surface area is 215 Å². The molecule has 0 bridgehead atoms. The van der Waals surface area contributed by atoms with E-state index in [1.54, 1.807) is 6.07 Å². The van der Waals surface area contributed by atoms with Gasteiger partial charge in [-0.15, -0.1) is 0 Å². The summed E-state index contributed by atoms with van der Waals surface area (Å²) in [5.41, 5.74) is 5.11. The van der Waals surface area contributed by atoms with E-state index in [9.17, 15) is 18.0 Å². The minimum Gasteiger partial charge on any atom is -0.475 e. The number of hydrogen-bond acceptors (Lipinski definition) is 6. The number of amides is 1. The van der Waals surface area contributed by atoms with Gasteiger partial charge in [-0.2, -0.15) is 13.2 Å². The van der Waals surface area contributed by atoms with Gasteiger partial charge in [0.25, 0.3) is 5.91 Å². The molecule has 12 heteroatoms. The molecule has 1 aromatic carbocycles. The molecule has 5 rings (SSSR count). The lowest BCUT2D eigenvalue weighted by Gasteiger charge is -2.31. The molecule has 1 saturated heterocycles. The van der Waals surface area contributed by atoms with Crippen molar-refractivity contribution in [2.75, 3.05) is 13.1 Å². The van der Waals surface area contributed by atoms with E-state index in [4.69, 9.17) is 24.4 Å². The third-order valence-corrected chi connectivity index (χ3v) is 6.28. The summed E-state index contributed by atoms with van der Waals surface area (Å²) in [5, 5.41) is 10.8. The molecule has 4 heterocycles. The van der Waals surface area contributed by atoms with Crippen LogP contribution in [0.15, 0.2) is 59.5 Å². The predicted octanol–water partition coefficient (Wildman–Crippen LogP) is 5.32. The molecule has 1 aliphatic rings. The molecule has 0 aliphatic carbocycles. The molecule has 3 aromatic heterocycles. The molecule has 200 valence electrons. The second-order valence-electron chi connectivity index (χ2n) is 9.12. The Bertz CT molecular complexity index is 1390. The number of hydrogen-bond donors (Lipinski definition) is 1. The molecule has 0 unspecified atom stereocenters. The zero-order valence-electron chi connectivity index (χ0n) is 20.7. The van der Waals surface area contributed by atoms with Crippen LogP contribution in [0.2, 0.25) is 0 Å². The van der Waals surface area contributed by atoms with Gasteiger partial charge in [0.15, 0.2) is 0 Å². The number of carbonyl (C=O) groups is 2. The first-order chi connectivity index (χ1) is 18.1. The Balaban J connectivity index is 0.000000426. The zero-order chi connectivity index (χ0) is 27.4. The lowest BCUT2D eigenvalue weighted by atomic mass is 9.92.